The Hall–Kier alpha value is -2.57. The zero-order valence-electron chi connectivity index (χ0n) is 16.2. The first kappa shape index (κ1) is 18.5. The number of halogens is 1. The Kier molecular flexibility index (Phi) is 4.29. The highest BCUT2D eigenvalue weighted by atomic mass is 35.5. The van der Waals surface area contributed by atoms with Gasteiger partial charge in [-0.2, -0.15) is 5.10 Å². The predicted octanol–water partition coefficient (Wildman–Crippen LogP) is 4.40. The molecule has 5 rings (SSSR count). The number of likely N-dealkylation sites (tertiary alicyclic amines) is 1. The third-order valence-corrected chi connectivity index (χ3v) is 6.81. The van der Waals surface area contributed by atoms with E-state index in [4.69, 9.17) is 11.6 Å². The molecule has 0 radical (unpaired) electrons. The molecule has 1 saturated heterocycles. The zero-order chi connectivity index (χ0) is 20.2. The molecule has 2 amide bonds. The molecule has 3 aromatic rings. The summed E-state index contributed by atoms with van der Waals surface area (Å²) in [5, 5.41) is 20.3. The number of piperidine rings is 1. The zero-order valence-corrected chi connectivity index (χ0v) is 16.9. The summed E-state index contributed by atoms with van der Waals surface area (Å²) in [5.74, 6) is 0.201. The van der Waals surface area contributed by atoms with E-state index < -0.39 is 11.6 Å². The summed E-state index contributed by atoms with van der Waals surface area (Å²) in [6.45, 7) is 3.36. The Labute approximate surface area is 174 Å². The van der Waals surface area contributed by atoms with Crippen LogP contribution in [0.15, 0.2) is 48.7 Å². The second-order valence-electron chi connectivity index (χ2n) is 8.18. The van der Waals surface area contributed by atoms with E-state index in [2.05, 4.69) is 17.3 Å². The van der Waals surface area contributed by atoms with Crippen molar-refractivity contribution in [2.75, 3.05) is 18.4 Å². The summed E-state index contributed by atoms with van der Waals surface area (Å²) in [7, 11) is 0. The van der Waals surface area contributed by atoms with Crippen molar-refractivity contribution in [3.63, 3.8) is 0 Å². The minimum Gasteiger partial charge on any atom is -0.386 e. The van der Waals surface area contributed by atoms with E-state index in [1.165, 1.54) is 0 Å². The van der Waals surface area contributed by atoms with Crippen molar-refractivity contribution >= 4 is 34.2 Å². The summed E-state index contributed by atoms with van der Waals surface area (Å²) < 4.78 is 1.98. The van der Waals surface area contributed by atoms with E-state index in [0.717, 1.165) is 35.0 Å². The van der Waals surface area contributed by atoms with Gasteiger partial charge in [-0.15, -0.1) is 0 Å². The number of para-hydroxylation sites is 1. The number of carbonyl (C=O) groups is 1. The number of urea groups is 1. The number of hydrogen-bond donors (Lipinski definition) is 2. The van der Waals surface area contributed by atoms with Crippen LogP contribution >= 0.6 is 11.6 Å². The van der Waals surface area contributed by atoms with Crippen molar-refractivity contribution < 1.29 is 9.90 Å². The van der Waals surface area contributed by atoms with Gasteiger partial charge in [-0.25, -0.2) is 4.79 Å². The molecule has 2 N–H and O–H groups in total. The molecule has 3 heterocycles. The molecule has 29 heavy (non-hydrogen) atoms. The largest absolute Gasteiger partial charge is 0.386 e. The fraction of sp³-hybridized carbons (Fsp3) is 0.364. The molecule has 0 bridgehead atoms. The molecule has 7 heteroatoms. The quantitative estimate of drug-likeness (QED) is 0.658. The minimum absolute atomic E-state index is 0.0803. The second kappa shape index (κ2) is 6.75. The van der Waals surface area contributed by atoms with Crippen molar-refractivity contribution in [1.82, 2.24) is 14.7 Å². The standard InChI is InChI=1S/C22H23ClN4O2/c1-22(20(28)18-12-16(23)11-14-13-24-27(22)19(14)18)15-7-9-26(10-8-15)21(29)25-17-5-3-2-4-6-17/h2-6,11-13,15,20,28H,7-10H2,1H3,(H,25,29)/t20-,22?/m1/s1. The molecular formula is C22H23ClN4O2. The fourth-order valence-electron chi connectivity index (χ4n) is 4.95. The average Bonchev–Trinajstić information content (AvgIpc) is 3.25. The molecule has 150 valence electrons. The van der Waals surface area contributed by atoms with Crippen molar-refractivity contribution in [1.29, 1.82) is 0 Å². The van der Waals surface area contributed by atoms with Gasteiger partial charge in [-0.05, 0) is 49.9 Å². The lowest BCUT2D eigenvalue weighted by molar-refractivity contribution is -0.0111. The van der Waals surface area contributed by atoms with Crippen LogP contribution in [-0.4, -0.2) is 38.9 Å². The number of carbonyl (C=O) groups excluding carboxylic acids is 1. The molecule has 2 aliphatic rings. The van der Waals surface area contributed by atoms with Gasteiger partial charge < -0.3 is 15.3 Å². The van der Waals surface area contributed by atoms with Crippen molar-refractivity contribution in [3.05, 3.63) is 59.2 Å². The van der Waals surface area contributed by atoms with E-state index >= 15 is 0 Å². The third kappa shape index (κ3) is 2.81. The maximum absolute atomic E-state index is 12.6. The van der Waals surface area contributed by atoms with Crippen molar-refractivity contribution in [3.8, 4) is 0 Å². The number of aliphatic hydroxyl groups is 1. The van der Waals surface area contributed by atoms with E-state index in [0.29, 0.717) is 18.1 Å². The predicted molar refractivity (Wildman–Crippen MR) is 113 cm³/mol. The Balaban J connectivity index is 1.34. The summed E-state index contributed by atoms with van der Waals surface area (Å²) in [6, 6.07) is 13.1. The Morgan fingerprint density at radius 1 is 1.24 bits per heavy atom. The first-order valence-corrected chi connectivity index (χ1v) is 10.3. The highest BCUT2D eigenvalue weighted by molar-refractivity contribution is 6.31. The smallest absolute Gasteiger partial charge is 0.321 e. The summed E-state index contributed by atoms with van der Waals surface area (Å²) >= 11 is 6.25. The lowest BCUT2D eigenvalue weighted by Gasteiger charge is -2.42. The van der Waals surface area contributed by atoms with Gasteiger partial charge >= 0.3 is 6.03 Å². The van der Waals surface area contributed by atoms with Crippen LogP contribution < -0.4 is 5.32 Å². The minimum atomic E-state index is -0.665. The van der Waals surface area contributed by atoms with Crippen LogP contribution in [0.1, 0.15) is 31.4 Å². The number of hydrogen-bond acceptors (Lipinski definition) is 3. The summed E-state index contributed by atoms with van der Waals surface area (Å²) in [5.41, 5.74) is 2.06. The van der Waals surface area contributed by atoms with Crippen LogP contribution in [0.25, 0.3) is 10.9 Å². The van der Waals surface area contributed by atoms with Gasteiger partial charge in [0.25, 0.3) is 0 Å². The Bertz CT molecular complexity index is 1080. The van der Waals surface area contributed by atoms with Crippen molar-refractivity contribution in [2.45, 2.75) is 31.4 Å². The SMILES string of the molecule is CC1(C2CCN(C(=O)Nc3ccccc3)CC2)[C@H](O)c2cc(Cl)cc3cnn1c23. The second-order valence-corrected chi connectivity index (χ2v) is 8.61. The van der Waals surface area contributed by atoms with Gasteiger partial charge in [0.2, 0.25) is 0 Å². The maximum atomic E-state index is 12.6. The molecule has 0 saturated carbocycles. The van der Waals surface area contributed by atoms with E-state index in [1.807, 2.05) is 58.2 Å². The van der Waals surface area contributed by atoms with Crippen LogP contribution in [0.2, 0.25) is 5.02 Å². The molecule has 1 aromatic heterocycles. The van der Waals surface area contributed by atoms with Crippen LogP contribution in [-0.2, 0) is 5.54 Å². The van der Waals surface area contributed by atoms with Crippen LogP contribution in [0.3, 0.4) is 0 Å². The van der Waals surface area contributed by atoms with Gasteiger partial charge in [0.1, 0.15) is 6.10 Å². The third-order valence-electron chi connectivity index (χ3n) is 6.60. The molecular weight excluding hydrogens is 388 g/mol. The van der Waals surface area contributed by atoms with Gasteiger partial charge in [0, 0.05) is 34.7 Å². The number of benzene rings is 2. The van der Waals surface area contributed by atoms with Crippen LogP contribution in [0, 0.1) is 5.92 Å². The number of amides is 2. The molecule has 1 unspecified atom stereocenters. The van der Waals surface area contributed by atoms with Crippen molar-refractivity contribution in [2.24, 2.45) is 5.92 Å². The summed E-state index contributed by atoms with van der Waals surface area (Å²) in [4.78, 5) is 14.4. The number of nitrogens with one attached hydrogen (secondary N) is 1. The Morgan fingerprint density at radius 3 is 2.69 bits per heavy atom. The van der Waals surface area contributed by atoms with Gasteiger partial charge in [-0.1, -0.05) is 29.8 Å². The molecule has 0 aliphatic carbocycles. The number of nitrogens with zero attached hydrogens (tertiary/aromatic N) is 3. The van der Waals surface area contributed by atoms with Gasteiger partial charge in [-0.3, -0.25) is 4.68 Å². The molecule has 2 aliphatic heterocycles. The average molecular weight is 411 g/mol. The molecule has 6 nitrogen and oxygen atoms in total. The van der Waals surface area contributed by atoms with Crippen LogP contribution in [0.4, 0.5) is 10.5 Å². The van der Waals surface area contributed by atoms with Gasteiger partial charge in [0.15, 0.2) is 0 Å². The number of aliphatic hydroxyl groups excluding tert-OH is 1. The number of rotatable bonds is 2. The normalized spacial score (nSPS) is 24.2. The summed E-state index contributed by atoms with van der Waals surface area (Å²) in [6.07, 6.45) is 2.76. The lowest BCUT2D eigenvalue weighted by Crippen LogP contribution is -2.49. The fourth-order valence-corrected chi connectivity index (χ4v) is 5.19. The maximum Gasteiger partial charge on any atom is 0.321 e. The first-order chi connectivity index (χ1) is 14.0. The van der Waals surface area contributed by atoms with Crippen LogP contribution in [0.5, 0.6) is 0 Å². The lowest BCUT2D eigenvalue weighted by atomic mass is 9.75. The monoisotopic (exact) mass is 410 g/mol. The topological polar surface area (TPSA) is 70.4 Å². The number of aromatic nitrogens is 2. The van der Waals surface area contributed by atoms with Gasteiger partial charge in [0.05, 0.1) is 17.3 Å². The number of anilines is 1. The molecule has 0 spiro atoms. The highest BCUT2D eigenvalue weighted by Crippen LogP contribution is 2.51. The van der Waals surface area contributed by atoms with E-state index in [-0.39, 0.29) is 11.9 Å². The molecule has 2 atom stereocenters. The van der Waals surface area contributed by atoms with E-state index in [1.54, 1.807) is 0 Å². The highest BCUT2D eigenvalue weighted by Gasteiger charge is 2.50. The molecule has 2 aromatic carbocycles. The molecule has 1 fully saturated rings. The first-order valence-electron chi connectivity index (χ1n) is 9.95. The Morgan fingerprint density at radius 2 is 1.97 bits per heavy atom. The van der Waals surface area contributed by atoms with E-state index in [9.17, 15) is 9.90 Å².